The van der Waals surface area contributed by atoms with Gasteiger partial charge in [-0.3, -0.25) is 4.90 Å². The van der Waals surface area contributed by atoms with Crippen LogP contribution in [0.5, 0.6) is 0 Å². The summed E-state index contributed by atoms with van der Waals surface area (Å²) in [4.78, 5) is 2.92. The van der Waals surface area contributed by atoms with Crippen molar-refractivity contribution in [2.24, 2.45) is 0 Å². The van der Waals surface area contributed by atoms with E-state index in [0.29, 0.717) is 5.69 Å². The molecular weight excluding hydrogens is 298 g/mol. The fourth-order valence-corrected chi connectivity index (χ4v) is 2.30. The second-order valence-electron chi connectivity index (χ2n) is 4.93. The summed E-state index contributed by atoms with van der Waals surface area (Å²) < 4.78 is 74.7. The molecular formula is C13H14F6N2. The lowest BCUT2D eigenvalue weighted by Gasteiger charge is -2.36. The van der Waals surface area contributed by atoms with Gasteiger partial charge in [-0.25, -0.2) is 0 Å². The standard InChI is InChI=1S/C13H14F6N2/c14-12(15,16)9-20-4-6-21(7-5-20)11-3-1-2-10(8-11)13(17,18)19/h1-3,8H,4-7,9H2. The molecule has 0 radical (unpaired) electrons. The van der Waals surface area contributed by atoms with Gasteiger partial charge < -0.3 is 4.90 Å². The fourth-order valence-electron chi connectivity index (χ4n) is 2.30. The van der Waals surface area contributed by atoms with Crippen LogP contribution in [0.2, 0.25) is 0 Å². The van der Waals surface area contributed by atoms with Crippen molar-refractivity contribution < 1.29 is 26.3 Å². The maximum atomic E-state index is 12.6. The number of hydrogen-bond donors (Lipinski definition) is 0. The SMILES string of the molecule is FC(F)(F)CN1CCN(c2cccc(C(F)(F)F)c2)CC1. The third-order valence-corrected chi connectivity index (χ3v) is 3.31. The van der Waals surface area contributed by atoms with E-state index in [1.165, 1.54) is 17.0 Å². The summed E-state index contributed by atoms with van der Waals surface area (Å²) in [7, 11) is 0. The average molecular weight is 312 g/mol. The quantitative estimate of drug-likeness (QED) is 0.773. The molecule has 0 unspecified atom stereocenters. The number of hydrogen-bond acceptors (Lipinski definition) is 2. The van der Waals surface area contributed by atoms with Gasteiger partial charge in [-0.15, -0.1) is 0 Å². The van der Waals surface area contributed by atoms with Gasteiger partial charge in [0.25, 0.3) is 0 Å². The van der Waals surface area contributed by atoms with Crippen LogP contribution in [0.1, 0.15) is 5.56 Å². The van der Waals surface area contributed by atoms with E-state index in [9.17, 15) is 26.3 Å². The zero-order valence-corrected chi connectivity index (χ0v) is 11.0. The Kier molecular flexibility index (Phi) is 4.36. The average Bonchev–Trinajstić information content (AvgIpc) is 2.37. The van der Waals surface area contributed by atoms with Crippen molar-refractivity contribution in [1.82, 2.24) is 4.90 Å². The van der Waals surface area contributed by atoms with Gasteiger partial charge in [0, 0.05) is 31.9 Å². The van der Waals surface area contributed by atoms with Crippen LogP contribution in [0.4, 0.5) is 32.0 Å². The molecule has 1 aliphatic rings. The van der Waals surface area contributed by atoms with Gasteiger partial charge in [-0.05, 0) is 18.2 Å². The van der Waals surface area contributed by atoms with Gasteiger partial charge in [0.1, 0.15) is 0 Å². The number of halogens is 6. The molecule has 118 valence electrons. The van der Waals surface area contributed by atoms with Crippen molar-refractivity contribution in [3.63, 3.8) is 0 Å². The Labute approximate surface area is 117 Å². The Bertz CT molecular complexity index is 474. The van der Waals surface area contributed by atoms with Gasteiger partial charge in [-0.2, -0.15) is 26.3 Å². The Hall–Kier alpha value is -1.44. The number of piperazine rings is 1. The molecule has 0 atom stereocenters. The molecule has 1 aromatic rings. The molecule has 21 heavy (non-hydrogen) atoms. The van der Waals surface area contributed by atoms with E-state index in [4.69, 9.17) is 0 Å². The first-order valence-electron chi connectivity index (χ1n) is 6.36. The summed E-state index contributed by atoms with van der Waals surface area (Å²) >= 11 is 0. The molecule has 1 aliphatic heterocycles. The molecule has 1 heterocycles. The van der Waals surface area contributed by atoms with Crippen molar-refractivity contribution in [2.45, 2.75) is 12.4 Å². The maximum Gasteiger partial charge on any atom is 0.416 e. The fraction of sp³-hybridized carbons (Fsp3) is 0.538. The minimum atomic E-state index is -4.42. The molecule has 8 heteroatoms. The van der Waals surface area contributed by atoms with Crippen LogP contribution >= 0.6 is 0 Å². The van der Waals surface area contributed by atoms with Gasteiger partial charge in [0.05, 0.1) is 12.1 Å². The molecule has 0 N–H and O–H groups in total. The van der Waals surface area contributed by atoms with E-state index in [2.05, 4.69) is 0 Å². The molecule has 0 aromatic heterocycles. The van der Waals surface area contributed by atoms with Crippen molar-refractivity contribution in [3.8, 4) is 0 Å². The molecule has 2 rings (SSSR count). The minimum absolute atomic E-state index is 0.176. The van der Waals surface area contributed by atoms with Gasteiger partial charge in [0.15, 0.2) is 0 Å². The molecule has 1 aromatic carbocycles. The highest BCUT2D eigenvalue weighted by Crippen LogP contribution is 2.32. The molecule has 2 nitrogen and oxygen atoms in total. The summed E-state index contributed by atoms with van der Waals surface area (Å²) in [6, 6.07) is 4.84. The Morgan fingerprint density at radius 3 is 2.05 bits per heavy atom. The topological polar surface area (TPSA) is 6.48 Å². The second kappa shape index (κ2) is 5.75. The first kappa shape index (κ1) is 15.9. The molecule has 1 fully saturated rings. The zero-order chi connectivity index (χ0) is 15.7. The lowest BCUT2D eigenvalue weighted by atomic mass is 10.1. The molecule has 0 bridgehead atoms. The van der Waals surface area contributed by atoms with Crippen LogP contribution in [0.25, 0.3) is 0 Å². The van der Waals surface area contributed by atoms with Crippen LogP contribution in [0, 0.1) is 0 Å². The molecule has 0 amide bonds. The lowest BCUT2D eigenvalue weighted by Crippen LogP contribution is -2.49. The van der Waals surface area contributed by atoms with Crippen LogP contribution in [-0.2, 0) is 6.18 Å². The van der Waals surface area contributed by atoms with Crippen molar-refractivity contribution in [3.05, 3.63) is 29.8 Å². The number of nitrogens with zero attached hydrogens (tertiary/aromatic N) is 2. The highest BCUT2D eigenvalue weighted by atomic mass is 19.4. The third kappa shape index (κ3) is 4.52. The van der Waals surface area contributed by atoms with Crippen LogP contribution < -0.4 is 4.90 Å². The Morgan fingerprint density at radius 2 is 1.52 bits per heavy atom. The molecule has 0 spiro atoms. The van der Waals surface area contributed by atoms with Crippen molar-refractivity contribution >= 4 is 5.69 Å². The van der Waals surface area contributed by atoms with Crippen LogP contribution in [-0.4, -0.2) is 43.8 Å². The largest absolute Gasteiger partial charge is 0.416 e. The highest BCUT2D eigenvalue weighted by Gasteiger charge is 2.33. The van der Waals surface area contributed by atoms with E-state index in [1.54, 1.807) is 4.90 Å². The van der Waals surface area contributed by atoms with Crippen molar-refractivity contribution in [2.75, 3.05) is 37.6 Å². The summed E-state index contributed by atoms with van der Waals surface area (Å²) in [6.07, 6.45) is -8.67. The van der Waals surface area contributed by atoms with Crippen LogP contribution in [0.15, 0.2) is 24.3 Å². The lowest BCUT2D eigenvalue weighted by molar-refractivity contribution is -0.146. The predicted octanol–water partition coefficient (Wildman–Crippen LogP) is 3.39. The zero-order valence-electron chi connectivity index (χ0n) is 11.0. The van der Waals surface area contributed by atoms with Gasteiger partial charge >= 0.3 is 12.4 Å². The third-order valence-electron chi connectivity index (χ3n) is 3.31. The van der Waals surface area contributed by atoms with E-state index in [1.807, 2.05) is 0 Å². The van der Waals surface area contributed by atoms with E-state index in [0.717, 1.165) is 12.1 Å². The van der Waals surface area contributed by atoms with E-state index in [-0.39, 0.29) is 26.2 Å². The predicted molar refractivity (Wildman–Crippen MR) is 66.2 cm³/mol. The summed E-state index contributed by atoms with van der Waals surface area (Å²) in [6.45, 7) is -0.0796. The number of benzene rings is 1. The molecule has 0 saturated carbocycles. The minimum Gasteiger partial charge on any atom is -0.369 e. The second-order valence-corrected chi connectivity index (χ2v) is 4.93. The van der Waals surface area contributed by atoms with Crippen molar-refractivity contribution in [1.29, 1.82) is 0 Å². The monoisotopic (exact) mass is 312 g/mol. The summed E-state index contributed by atoms with van der Waals surface area (Å²) in [5.74, 6) is 0. The summed E-state index contributed by atoms with van der Waals surface area (Å²) in [5.41, 5.74) is -0.366. The Balaban J connectivity index is 1.99. The van der Waals surface area contributed by atoms with Gasteiger partial charge in [0.2, 0.25) is 0 Å². The first-order valence-corrected chi connectivity index (χ1v) is 6.36. The van der Waals surface area contributed by atoms with E-state index < -0.39 is 24.5 Å². The Morgan fingerprint density at radius 1 is 0.905 bits per heavy atom. The summed E-state index contributed by atoms with van der Waals surface area (Å²) in [5, 5.41) is 0. The smallest absolute Gasteiger partial charge is 0.369 e. The molecule has 1 saturated heterocycles. The maximum absolute atomic E-state index is 12.6. The van der Waals surface area contributed by atoms with E-state index >= 15 is 0 Å². The number of anilines is 1. The van der Waals surface area contributed by atoms with Gasteiger partial charge in [-0.1, -0.05) is 6.07 Å². The normalized spacial score (nSPS) is 18.1. The highest BCUT2D eigenvalue weighted by molar-refractivity contribution is 5.49. The number of alkyl halides is 6. The first-order chi connectivity index (χ1) is 9.65. The number of rotatable bonds is 2. The van der Waals surface area contributed by atoms with Crippen LogP contribution in [0.3, 0.4) is 0 Å². The molecule has 0 aliphatic carbocycles.